The van der Waals surface area contributed by atoms with E-state index in [9.17, 15) is 0 Å². The van der Waals surface area contributed by atoms with Gasteiger partial charge in [-0.25, -0.2) is 0 Å². The summed E-state index contributed by atoms with van der Waals surface area (Å²) in [6, 6.07) is 0.730. The van der Waals surface area contributed by atoms with Gasteiger partial charge < -0.3 is 0 Å². The first-order chi connectivity index (χ1) is 5.84. The minimum atomic E-state index is 0.349. The molecule has 0 aromatic carbocycles. The van der Waals surface area contributed by atoms with Crippen molar-refractivity contribution in [1.29, 1.82) is 0 Å². The first-order valence-corrected chi connectivity index (χ1v) is 6.13. The number of nitrogens with zero attached hydrogens (tertiary/aromatic N) is 1. The van der Waals surface area contributed by atoms with Crippen LogP contribution in [0.3, 0.4) is 0 Å². The largest absolute Gasteiger partial charge is 0.298 e. The third-order valence-electron chi connectivity index (χ3n) is 3.44. The zero-order valence-electron chi connectivity index (χ0n) is 9.47. The molecular weight excluding hydrogens is 226 g/mol. The summed E-state index contributed by atoms with van der Waals surface area (Å²) in [7, 11) is 2.27. The standard InChI is InChI=1S/C11H22BrN/c1-8(2)10-6-9(12)7-11(3,4)13(10)5/h8-10H,6-7H2,1-5H3. The van der Waals surface area contributed by atoms with Gasteiger partial charge in [-0.15, -0.1) is 0 Å². The molecule has 0 spiro atoms. The summed E-state index contributed by atoms with van der Waals surface area (Å²) in [6.45, 7) is 9.33. The first-order valence-electron chi connectivity index (χ1n) is 5.21. The Morgan fingerprint density at radius 2 is 1.92 bits per heavy atom. The van der Waals surface area contributed by atoms with Crippen LogP contribution >= 0.6 is 15.9 Å². The van der Waals surface area contributed by atoms with Crippen molar-refractivity contribution in [1.82, 2.24) is 4.90 Å². The van der Waals surface area contributed by atoms with E-state index >= 15 is 0 Å². The Kier molecular flexibility index (Phi) is 3.45. The molecule has 1 nitrogen and oxygen atoms in total. The van der Waals surface area contributed by atoms with Gasteiger partial charge in [0.25, 0.3) is 0 Å². The smallest absolute Gasteiger partial charge is 0.0178 e. The molecular formula is C11H22BrN. The Bertz CT molecular complexity index is 177. The van der Waals surface area contributed by atoms with E-state index in [2.05, 4.69) is 55.6 Å². The molecule has 1 aliphatic rings. The average Bonchev–Trinajstić information content (AvgIpc) is 1.95. The molecule has 13 heavy (non-hydrogen) atoms. The van der Waals surface area contributed by atoms with Gasteiger partial charge in [-0.1, -0.05) is 29.8 Å². The van der Waals surface area contributed by atoms with Crippen LogP contribution in [0.25, 0.3) is 0 Å². The van der Waals surface area contributed by atoms with Crippen LogP contribution < -0.4 is 0 Å². The maximum Gasteiger partial charge on any atom is 0.0178 e. The van der Waals surface area contributed by atoms with Crippen LogP contribution in [0.15, 0.2) is 0 Å². The lowest BCUT2D eigenvalue weighted by Gasteiger charge is -2.49. The van der Waals surface area contributed by atoms with Crippen molar-refractivity contribution in [3.63, 3.8) is 0 Å². The highest BCUT2D eigenvalue weighted by Crippen LogP contribution is 2.36. The van der Waals surface area contributed by atoms with E-state index in [0.717, 1.165) is 12.0 Å². The quantitative estimate of drug-likeness (QED) is 0.644. The van der Waals surface area contributed by atoms with Crippen LogP contribution in [0.2, 0.25) is 0 Å². The van der Waals surface area contributed by atoms with Gasteiger partial charge in [0.1, 0.15) is 0 Å². The molecule has 0 amide bonds. The minimum Gasteiger partial charge on any atom is -0.298 e. The molecule has 1 heterocycles. The highest BCUT2D eigenvalue weighted by atomic mass is 79.9. The molecule has 1 saturated heterocycles. The van der Waals surface area contributed by atoms with Crippen LogP contribution in [-0.4, -0.2) is 28.4 Å². The maximum absolute atomic E-state index is 3.77. The second kappa shape index (κ2) is 3.90. The van der Waals surface area contributed by atoms with E-state index in [1.165, 1.54) is 12.8 Å². The molecule has 0 radical (unpaired) electrons. The fourth-order valence-electron chi connectivity index (χ4n) is 2.36. The first kappa shape index (κ1) is 11.5. The Labute approximate surface area is 91.0 Å². The third-order valence-corrected chi connectivity index (χ3v) is 4.14. The van der Waals surface area contributed by atoms with Gasteiger partial charge in [0, 0.05) is 16.4 Å². The Morgan fingerprint density at radius 1 is 1.38 bits per heavy atom. The molecule has 1 rings (SSSR count). The zero-order chi connectivity index (χ0) is 10.2. The van der Waals surface area contributed by atoms with Crippen LogP contribution in [0.4, 0.5) is 0 Å². The lowest BCUT2D eigenvalue weighted by Crippen LogP contribution is -2.55. The number of halogens is 1. The third kappa shape index (κ3) is 2.47. The summed E-state index contributed by atoms with van der Waals surface area (Å²) >= 11 is 3.77. The van der Waals surface area contributed by atoms with E-state index in [1.54, 1.807) is 0 Å². The lowest BCUT2D eigenvalue weighted by atomic mass is 9.83. The zero-order valence-corrected chi connectivity index (χ0v) is 11.1. The fraction of sp³-hybridized carbons (Fsp3) is 1.00. The molecule has 78 valence electrons. The van der Waals surface area contributed by atoms with Gasteiger partial charge >= 0.3 is 0 Å². The van der Waals surface area contributed by atoms with Crippen LogP contribution in [0.1, 0.15) is 40.5 Å². The van der Waals surface area contributed by atoms with E-state index in [4.69, 9.17) is 0 Å². The second-order valence-corrected chi connectivity index (χ2v) is 6.57. The van der Waals surface area contributed by atoms with Gasteiger partial charge in [-0.3, -0.25) is 4.90 Å². The van der Waals surface area contributed by atoms with Gasteiger partial charge in [0.15, 0.2) is 0 Å². The molecule has 1 aliphatic heterocycles. The number of alkyl halides is 1. The van der Waals surface area contributed by atoms with E-state index in [0.29, 0.717) is 10.4 Å². The number of likely N-dealkylation sites (tertiary alicyclic amines) is 1. The van der Waals surface area contributed by atoms with Crippen LogP contribution in [0, 0.1) is 5.92 Å². The second-order valence-electron chi connectivity index (χ2n) is 5.27. The minimum absolute atomic E-state index is 0.349. The predicted molar refractivity (Wildman–Crippen MR) is 62.4 cm³/mol. The van der Waals surface area contributed by atoms with Crippen molar-refractivity contribution < 1.29 is 0 Å². The van der Waals surface area contributed by atoms with Gasteiger partial charge in [0.2, 0.25) is 0 Å². The number of piperidine rings is 1. The van der Waals surface area contributed by atoms with Crippen molar-refractivity contribution in [2.24, 2.45) is 5.92 Å². The molecule has 2 atom stereocenters. The number of rotatable bonds is 1. The molecule has 0 aromatic heterocycles. The Balaban J connectivity index is 2.75. The lowest BCUT2D eigenvalue weighted by molar-refractivity contribution is 0.0323. The molecule has 0 saturated carbocycles. The highest BCUT2D eigenvalue weighted by molar-refractivity contribution is 9.09. The summed E-state index contributed by atoms with van der Waals surface area (Å²) < 4.78 is 0. The monoisotopic (exact) mass is 247 g/mol. The number of hydrogen-bond acceptors (Lipinski definition) is 1. The van der Waals surface area contributed by atoms with E-state index in [-0.39, 0.29) is 0 Å². The average molecular weight is 248 g/mol. The summed E-state index contributed by atoms with van der Waals surface area (Å²) in [5.74, 6) is 0.754. The molecule has 0 bridgehead atoms. The molecule has 0 N–H and O–H groups in total. The van der Waals surface area contributed by atoms with Crippen LogP contribution in [-0.2, 0) is 0 Å². The van der Waals surface area contributed by atoms with E-state index < -0.39 is 0 Å². The summed E-state index contributed by atoms with van der Waals surface area (Å²) in [5.41, 5.74) is 0.349. The molecule has 0 aliphatic carbocycles. The van der Waals surface area contributed by atoms with Crippen molar-refractivity contribution in [3.8, 4) is 0 Å². The molecule has 2 heteroatoms. The number of hydrogen-bond donors (Lipinski definition) is 0. The predicted octanol–water partition coefficient (Wildman–Crippen LogP) is 3.28. The Hall–Kier alpha value is 0.440. The fourth-order valence-corrected chi connectivity index (χ4v) is 3.53. The van der Waals surface area contributed by atoms with E-state index in [1.807, 2.05) is 0 Å². The molecule has 0 aromatic rings. The van der Waals surface area contributed by atoms with Gasteiger partial charge in [-0.2, -0.15) is 0 Å². The summed E-state index contributed by atoms with van der Waals surface area (Å²) in [6.07, 6.45) is 2.55. The van der Waals surface area contributed by atoms with Crippen molar-refractivity contribution >= 4 is 15.9 Å². The van der Waals surface area contributed by atoms with Crippen molar-refractivity contribution in [2.45, 2.75) is 56.9 Å². The normalized spacial score (nSPS) is 35.3. The Morgan fingerprint density at radius 3 is 2.38 bits per heavy atom. The van der Waals surface area contributed by atoms with Gasteiger partial charge in [0.05, 0.1) is 0 Å². The van der Waals surface area contributed by atoms with Gasteiger partial charge in [-0.05, 0) is 39.7 Å². The molecule has 1 fully saturated rings. The van der Waals surface area contributed by atoms with Crippen LogP contribution in [0.5, 0.6) is 0 Å². The topological polar surface area (TPSA) is 3.24 Å². The highest BCUT2D eigenvalue weighted by Gasteiger charge is 2.38. The van der Waals surface area contributed by atoms with Crippen molar-refractivity contribution in [3.05, 3.63) is 0 Å². The summed E-state index contributed by atoms with van der Waals surface area (Å²) in [5, 5.41) is 0. The van der Waals surface area contributed by atoms with Crippen molar-refractivity contribution in [2.75, 3.05) is 7.05 Å². The summed E-state index contributed by atoms with van der Waals surface area (Å²) in [4.78, 5) is 3.25. The molecule has 2 unspecified atom stereocenters. The maximum atomic E-state index is 3.77. The SMILES string of the molecule is CC(C)C1CC(Br)CC(C)(C)N1C.